The number of nitrogens with one attached hydrogen (secondary N) is 1. The predicted octanol–water partition coefficient (Wildman–Crippen LogP) is 1.56. The van der Waals surface area contributed by atoms with Crippen molar-refractivity contribution < 1.29 is 0 Å². The molecule has 1 rings (SSSR count). The van der Waals surface area contributed by atoms with Crippen molar-refractivity contribution in [2.45, 2.75) is 25.8 Å². The SMILES string of the molecule is C[C@@H](N)CNCCCc1ccccc1. The van der Waals surface area contributed by atoms with Crippen LogP contribution in [0.25, 0.3) is 0 Å². The molecule has 2 heteroatoms. The summed E-state index contributed by atoms with van der Waals surface area (Å²) in [6, 6.07) is 10.8. The van der Waals surface area contributed by atoms with Crippen molar-refractivity contribution in [3.63, 3.8) is 0 Å². The molecule has 0 aliphatic rings. The number of hydrogen-bond donors (Lipinski definition) is 2. The number of aryl methyl sites for hydroxylation is 1. The second-order valence-corrected chi connectivity index (χ2v) is 3.77. The molecule has 0 radical (unpaired) electrons. The summed E-state index contributed by atoms with van der Waals surface area (Å²) >= 11 is 0. The highest BCUT2D eigenvalue weighted by atomic mass is 14.9. The Bertz CT molecular complexity index is 231. The normalized spacial score (nSPS) is 12.7. The van der Waals surface area contributed by atoms with Crippen LogP contribution < -0.4 is 11.1 Å². The van der Waals surface area contributed by atoms with Gasteiger partial charge in [-0.1, -0.05) is 30.3 Å². The van der Waals surface area contributed by atoms with Gasteiger partial charge in [-0.2, -0.15) is 0 Å². The number of benzene rings is 1. The summed E-state index contributed by atoms with van der Waals surface area (Å²) in [5.41, 5.74) is 7.04. The van der Waals surface area contributed by atoms with Gasteiger partial charge in [0.2, 0.25) is 0 Å². The number of hydrogen-bond acceptors (Lipinski definition) is 2. The maximum Gasteiger partial charge on any atom is 0.0136 e. The van der Waals surface area contributed by atoms with Crippen LogP contribution in [-0.2, 0) is 6.42 Å². The fourth-order valence-corrected chi connectivity index (χ4v) is 1.39. The molecule has 0 bridgehead atoms. The van der Waals surface area contributed by atoms with Gasteiger partial charge in [0, 0.05) is 12.6 Å². The van der Waals surface area contributed by atoms with E-state index in [0.29, 0.717) is 0 Å². The van der Waals surface area contributed by atoms with Gasteiger partial charge in [0.25, 0.3) is 0 Å². The smallest absolute Gasteiger partial charge is 0.0136 e. The zero-order chi connectivity index (χ0) is 10.2. The molecule has 0 spiro atoms. The van der Waals surface area contributed by atoms with Crippen LogP contribution >= 0.6 is 0 Å². The summed E-state index contributed by atoms with van der Waals surface area (Å²) in [6.07, 6.45) is 2.32. The molecule has 0 aliphatic carbocycles. The maximum atomic E-state index is 5.62. The van der Waals surface area contributed by atoms with E-state index in [1.807, 2.05) is 6.92 Å². The Morgan fingerprint density at radius 2 is 2.00 bits per heavy atom. The van der Waals surface area contributed by atoms with Crippen LogP contribution in [-0.4, -0.2) is 19.1 Å². The molecule has 1 aromatic carbocycles. The van der Waals surface area contributed by atoms with Gasteiger partial charge in [-0.05, 0) is 31.9 Å². The highest BCUT2D eigenvalue weighted by Crippen LogP contribution is 2.01. The molecule has 0 aliphatic heterocycles. The Kier molecular flexibility index (Phi) is 5.27. The van der Waals surface area contributed by atoms with Crippen molar-refractivity contribution in [3.8, 4) is 0 Å². The van der Waals surface area contributed by atoms with E-state index in [4.69, 9.17) is 5.73 Å². The molecule has 1 atom stereocenters. The Hall–Kier alpha value is -0.860. The molecule has 0 heterocycles. The van der Waals surface area contributed by atoms with Crippen LogP contribution in [0, 0.1) is 0 Å². The number of rotatable bonds is 6. The van der Waals surface area contributed by atoms with E-state index in [9.17, 15) is 0 Å². The topological polar surface area (TPSA) is 38.0 Å². The van der Waals surface area contributed by atoms with Crippen molar-refractivity contribution in [3.05, 3.63) is 35.9 Å². The van der Waals surface area contributed by atoms with Crippen LogP contribution in [0.4, 0.5) is 0 Å². The van der Waals surface area contributed by atoms with Crippen LogP contribution in [0.1, 0.15) is 18.9 Å². The summed E-state index contributed by atoms with van der Waals surface area (Å²) in [5.74, 6) is 0. The quantitative estimate of drug-likeness (QED) is 0.671. The lowest BCUT2D eigenvalue weighted by molar-refractivity contribution is 0.591. The molecule has 0 unspecified atom stereocenters. The third-order valence-corrected chi connectivity index (χ3v) is 2.13. The molecule has 0 aromatic heterocycles. The Morgan fingerprint density at radius 1 is 1.29 bits per heavy atom. The highest BCUT2D eigenvalue weighted by molar-refractivity contribution is 5.14. The van der Waals surface area contributed by atoms with Crippen LogP contribution in [0.5, 0.6) is 0 Å². The van der Waals surface area contributed by atoms with Crippen molar-refractivity contribution >= 4 is 0 Å². The average Bonchev–Trinajstić information content (AvgIpc) is 2.18. The Morgan fingerprint density at radius 3 is 2.64 bits per heavy atom. The summed E-state index contributed by atoms with van der Waals surface area (Å²) in [4.78, 5) is 0. The second kappa shape index (κ2) is 6.57. The largest absolute Gasteiger partial charge is 0.327 e. The maximum absolute atomic E-state index is 5.62. The zero-order valence-electron chi connectivity index (χ0n) is 8.87. The third kappa shape index (κ3) is 5.00. The fourth-order valence-electron chi connectivity index (χ4n) is 1.39. The van der Waals surface area contributed by atoms with Gasteiger partial charge in [-0.3, -0.25) is 0 Å². The Balaban J connectivity index is 2.05. The minimum Gasteiger partial charge on any atom is -0.327 e. The summed E-state index contributed by atoms with van der Waals surface area (Å²) < 4.78 is 0. The first kappa shape index (κ1) is 11.2. The van der Waals surface area contributed by atoms with E-state index in [0.717, 1.165) is 19.5 Å². The van der Waals surface area contributed by atoms with Gasteiger partial charge < -0.3 is 11.1 Å². The molecule has 3 N–H and O–H groups in total. The molecule has 78 valence electrons. The van der Waals surface area contributed by atoms with E-state index in [1.165, 1.54) is 12.0 Å². The van der Waals surface area contributed by atoms with Gasteiger partial charge in [-0.25, -0.2) is 0 Å². The lowest BCUT2D eigenvalue weighted by Crippen LogP contribution is -2.31. The standard InChI is InChI=1S/C12H20N2/c1-11(13)10-14-9-5-8-12-6-3-2-4-7-12/h2-4,6-7,11,14H,5,8-10,13H2,1H3/t11-/m1/s1. The fraction of sp³-hybridized carbons (Fsp3) is 0.500. The first-order chi connectivity index (χ1) is 6.79. The van der Waals surface area contributed by atoms with E-state index < -0.39 is 0 Å². The lowest BCUT2D eigenvalue weighted by atomic mass is 10.1. The minimum absolute atomic E-state index is 0.256. The predicted molar refractivity (Wildman–Crippen MR) is 61.3 cm³/mol. The van der Waals surface area contributed by atoms with Crippen LogP contribution in [0.2, 0.25) is 0 Å². The van der Waals surface area contributed by atoms with Gasteiger partial charge in [0.15, 0.2) is 0 Å². The molecule has 0 saturated heterocycles. The van der Waals surface area contributed by atoms with Gasteiger partial charge in [0.1, 0.15) is 0 Å². The first-order valence-corrected chi connectivity index (χ1v) is 5.29. The zero-order valence-corrected chi connectivity index (χ0v) is 8.87. The van der Waals surface area contributed by atoms with Gasteiger partial charge >= 0.3 is 0 Å². The molecule has 14 heavy (non-hydrogen) atoms. The molecule has 1 aromatic rings. The van der Waals surface area contributed by atoms with Crippen molar-refractivity contribution in [1.29, 1.82) is 0 Å². The van der Waals surface area contributed by atoms with Gasteiger partial charge in [0.05, 0.1) is 0 Å². The monoisotopic (exact) mass is 192 g/mol. The van der Waals surface area contributed by atoms with Crippen LogP contribution in [0.15, 0.2) is 30.3 Å². The summed E-state index contributed by atoms with van der Waals surface area (Å²) in [5, 5.41) is 3.33. The first-order valence-electron chi connectivity index (χ1n) is 5.29. The van der Waals surface area contributed by atoms with Crippen molar-refractivity contribution in [2.75, 3.05) is 13.1 Å². The van der Waals surface area contributed by atoms with E-state index in [-0.39, 0.29) is 6.04 Å². The highest BCUT2D eigenvalue weighted by Gasteiger charge is 1.93. The minimum atomic E-state index is 0.256. The van der Waals surface area contributed by atoms with E-state index >= 15 is 0 Å². The molecular weight excluding hydrogens is 172 g/mol. The van der Waals surface area contributed by atoms with Crippen molar-refractivity contribution in [1.82, 2.24) is 5.32 Å². The third-order valence-electron chi connectivity index (χ3n) is 2.13. The van der Waals surface area contributed by atoms with Crippen LogP contribution in [0.3, 0.4) is 0 Å². The van der Waals surface area contributed by atoms with Crippen molar-refractivity contribution in [2.24, 2.45) is 5.73 Å². The molecule has 0 amide bonds. The van der Waals surface area contributed by atoms with E-state index in [2.05, 4.69) is 35.6 Å². The number of nitrogens with two attached hydrogens (primary N) is 1. The second-order valence-electron chi connectivity index (χ2n) is 3.77. The molecular formula is C12H20N2. The molecule has 2 nitrogen and oxygen atoms in total. The summed E-state index contributed by atoms with van der Waals surface area (Å²) in [7, 11) is 0. The average molecular weight is 192 g/mol. The lowest BCUT2D eigenvalue weighted by Gasteiger charge is -2.07. The molecule has 0 fully saturated rings. The Labute approximate surface area is 86.5 Å². The van der Waals surface area contributed by atoms with Gasteiger partial charge in [-0.15, -0.1) is 0 Å². The van der Waals surface area contributed by atoms with E-state index in [1.54, 1.807) is 0 Å². The molecule has 0 saturated carbocycles. The summed E-state index contributed by atoms with van der Waals surface area (Å²) in [6.45, 7) is 3.98.